The van der Waals surface area contributed by atoms with Gasteiger partial charge < -0.3 is 9.84 Å². The number of hydrogen-bond donors (Lipinski definition) is 1. The van der Waals surface area contributed by atoms with E-state index < -0.39 is 5.82 Å². The SMILES string of the molecule is Oc1cccc(F)c1C1=NC(c2ccc(-c3ccc(-c4cccnc4)nc3)cc2)CO1. The van der Waals surface area contributed by atoms with E-state index in [1.54, 1.807) is 12.4 Å². The van der Waals surface area contributed by atoms with Gasteiger partial charge in [0.25, 0.3) is 0 Å². The molecule has 0 bridgehead atoms. The monoisotopic (exact) mass is 411 g/mol. The van der Waals surface area contributed by atoms with Crippen molar-refractivity contribution in [3.8, 4) is 28.1 Å². The number of rotatable bonds is 4. The van der Waals surface area contributed by atoms with Crippen LogP contribution in [0.25, 0.3) is 22.4 Å². The summed E-state index contributed by atoms with van der Waals surface area (Å²) >= 11 is 0. The molecule has 3 heterocycles. The van der Waals surface area contributed by atoms with E-state index in [9.17, 15) is 9.50 Å². The van der Waals surface area contributed by atoms with E-state index in [-0.39, 0.29) is 23.3 Å². The largest absolute Gasteiger partial charge is 0.507 e. The van der Waals surface area contributed by atoms with Crippen LogP contribution in [0, 0.1) is 5.82 Å². The molecule has 0 spiro atoms. The van der Waals surface area contributed by atoms with Crippen LogP contribution in [0.1, 0.15) is 17.2 Å². The molecule has 2 aromatic heterocycles. The molecular formula is C25H18FN3O2. The Morgan fingerprint density at radius 1 is 0.871 bits per heavy atom. The maximum absolute atomic E-state index is 14.1. The lowest BCUT2D eigenvalue weighted by Gasteiger charge is -2.08. The van der Waals surface area contributed by atoms with Crippen LogP contribution >= 0.6 is 0 Å². The first-order valence-electron chi connectivity index (χ1n) is 9.84. The topological polar surface area (TPSA) is 67.6 Å². The van der Waals surface area contributed by atoms with Gasteiger partial charge in [-0.2, -0.15) is 0 Å². The second kappa shape index (κ2) is 7.99. The van der Waals surface area contributed by atoms with E-state index in [4.69, 9.17) is 4.74 Å². The summed E-state index contributed by atoms with van der Waals surface area (Å²) < 4.78 is 19.7. The Balaban J connectivity index is 1.35. The number of nitrogens with zero attached hydrogens (tertiary/aromatic N) is 3. The third-order valence-electron chi connectivity index (χ3n) is 5.21. The number of phenols is 1. The van der Waals surface area contributed by atoms with Crippen LogP contribution in [0.15, 0.2) is 90.3 Å². The van der Waals surface area contributed by atoms with Gasteiger partial charge in [0.1, 0.15) is 29.8 Å². The van der Waals surface area contributed by atoms with E-state index in [1.807, 2.05) is 54.7 Å². The van der Waals surface area contributed by atoms with Gasteiger partial charge in [0, 0.05) is 29.7 Å². The van der Waals surface area contributed by atoms with Gasteiger partial charge in [0.2, 0.25) is 5.90 Å². The standard InChI is InChI=1S/C25H18FN3O2/c26-20-4-1-5-23(30)24(20)25-29-22(15-31-25)17-8-6-16(7-9-17)18-10-11-21(28-14-18)19-3-2-12-27-13-19/h1-14,22,30H,15H2. The van der Waals surface area contributed by atoms with Gasteiger partial charge in [0.15, 0.2) is 0 Å². The number of hydrogen-bond acceptors (Lipinski definition) is 5. The molecule has 0 radical (unpaired) electrons. The Kier molecular flexibility index (Phi) is 4.88. The summed E-state index contributed by atoms with van der Waals surface area (Å²) in [5.74, 6) is -0.617. The summed E-state index contributed by atoms with van der Waals surface area (Å²) in [5, 5.41) is 9.95. The van der Waals surface area contributed by atoms with E-state index >= 15 is 0 Å². The third-order valence-corrected chi connectivity index (χ3v) is 5.21. The minimum absolute atomic E-state index is 0.00130. The second-order valence-electron chi connectivity index (χ2n) is 7.19. The molecule has 2 aromatic carbocycles. The lowest BCUT2D eigenvalue weighted by atomic mass is 10.0. The highest BCUT2D eigenvalue weighted by atomic mass is 19.1. The average molecular weight is 411 g/mol. The van der Waals surface area contributed by atoms with Crippen LogP contribution in [0.4, 0.5) is 4.39 Å². The lowest BCUT2D eigenvalue weighted by molar-refractivity contribution is 0.317. The van der Waals surface area contributed by atoms with Gasteiger partial charge in [-0.3, -0.25) is 9.97 Å². The summed E-state index contributed by atoms with van der Waals surface area (Å²) in [6.45, 7) is 0.295. The molecule has 5 nitrogen and oxygen atoms in total. The molecule has 5 rings (SSSR count). The zero-order valence-electron chi connectivity index (χ0n) is 16.4. The minimum atomic E-state index is -0.558. The average Bonchev–Trinajstić information content (AvgIpc) is 3.30. The molecule has 0 amide bonds. The first-order chi connectivity index (χ1) is 15.2. The minimum Gasteiger partial charge on any atom is -0.507 e. The predicted octanol–water partition coefficient (Wildman–Crippen LogP) is 5.17. The molecule has 31 heavy (non-hydrogen) atoms. The van der Waals surface area contributed by atoms with Gasteiger partial charge in [-0.15, -0.1) is 0 Å². The number of pyridine rings is 2. The van der Waals surface area contributed by atoms with Crippen molar-refractivity contribution in [2.24, 2.45) is 4.99 Å². The molecule has 0 aliphatic carbocycles. The van der Waals surface area contributed by atoms with Gasteiger partial charge >= 0.3 is 0 Å². The Hall–Kier alpha value is -4.06. The van der Waals surface area contributed by atoms with Crippen LogP contribution in [0.5, 0.6) is 5.75 Å². The number of benzene rings is 2. The van der Waals surface area contributed by atoms with Gasteiger partial charge in [0.05, 0.1) is 5.69 Å². The Morgan fingerprint density at radius 3 is 2.42 bits per heavy atom. The van der Waals surface area contributed by atoms with Crippen molar-refractivity contribution in [3.05, 3.63) is 102 Å². The zero-order chi connectivity index (χ0) is 21.2. The van der Waals surface area contributed by atoms with Crippen molar-refractivity contribution in [1.29, 1.82) is 0 Å². The quantitative estimate of drug-likeness (QED) is 0.503. The molecule has 1 N–H and O–H groups in total. The maximum Gasteiger partial charge on any atom is 0.223 e. The lowest BCUT2D eigenvalue weighted by Crippen LogP contribution is -2.04. The normalized spacial score (nSPS) is 15.4. The summed E-state index contributed by atoms with van der Waals surface area (Å²) in [6.07, 6.45) is 5.37. The molecule has 4 aromatic rings. The molecular weight excluding hydrogens is 393 g/mol. The number of phenolic OH excluding ortho intramolecular Hbond substituents is 1. The number of halogens is 1. The smallest absolute Gasteiger partial charge is 0.223 e. The molecule has 152 valence electrons. The number of ether oxygens (including phenoxy) is 1. The van der Waals surface area contributed by atoms with Crippen molar-refractivity contribution in [3.63, 3.8) is 0 Å². The maximum atomic E-state index is 14.1. The van der Waals surface area contributed by atoms with E-state index in [0.29, 0.717) is 6.61 Å². The first kappa shape index (κ1) is 18.9. The first-order valence-corrected chi connectivity index (χ1v) is 9.84. The van der Waals surface area contributed by atoms with E-state index in [1.165, 1.54) is 18.2 Å². The summed E-state index contributed by atoms with van der Waals surface area (Å²) in [6, 6.07) is 19.7. The van der Waals surface area contributed by atoms with Gasteiger partial charge in [-0.05, 0) is 41.5 Å². The number of aromatic hydroxyl groups is 1. The van der Waals surface area contributed by atoms with Crippen LogP contribution in [0.3, 0.4) is 0 Å². The van der Waals surface area contributed by atoms with E-state index in [2.05, 4.69) is 15.0 Å². The van der Waals surface area contributed by atoms with Crippen LogP contribution in [0.2, 0.25) is 0 Å². The summed E-state index contributed by atoms with van der Waals surface area (Å²) in [5.41, 5.74) is 4.83. The predicted molar refractivity (Wildman–Crippen MR) is 116 cm³/mol. The van der Waals surface area contributed by atoms with Crippen molar-refractivity contribution in [2.45, 2.75) is 6.04 Å². The Labute approximate surface area is 178 Å². The van der Waals surface area contributed by atoms with Crippen molar-refractivity contribution in [2.75, 3.05) is 6.61 Å². The Morgan fingerprint density at radius 2 is 1.71 bits per heavy atom. The number of aliphatic imine (C=N–C) groups is 1. The fourth-order valence-corrected chi connectivity index (χ4v) is 3.55. The highest BCUT2D eigenvalue weighted by molar-refractivity contribution is 5.98. The highest BCUT2D eigenvalue weighted by Gasteiger charge is 2.25. The van der Waals surface area contributed by atoms with Gasteiger partial charge in [-0.25, -0.2) is 9.38 Å². The third kappa shape index (κ3) is 3.75. The molecule has 1 aliphatic rings. The van der Waals surface area contributed by atoms with Crippen LogP contribution < -0.4 is 0 Å². The fourth-order valence-electron chi connectivity index (χ4n) is 3.55. The van der Waals surface area contributed by atoms with E-state index in [0.717, 1.165) is 27.9 Å². The van der Waals surface area contributed by atoms with Crippen LogP contribution in [-0.2, 0) is 4.74 Å². The molecule has 1 unspecified atom stereocenters. The molecule has 0 saturated carbocycles. The molecule has 0 saturated heterocycles. The second-order valence-corrected chi connectivity index (χ2v) is 7.19. The molecule has 6 heteroatoms. The Bertz CT molecular complexity index is 1220. The fraction of sp³-hybridized carbons (Fsp3) is 0.0800. The van der Waals surface area contributed by atoms with Crippen LogP contribution in [-0.4, -0.2) is 27.6 Å². The highest BCUT2D eigenvalue weighted by Crippen LogP contribution is 2.31. The molecule has 0 fully saturated rings. The van der Waals surface area contributed by atoms with Gasteiger partial charge in [-0.1, -0.05) is 36.4 Å². The van der Waals surface area contributed by atoms with Crippen molar-refractivity contribution >= 4 is 5.90 Å². The molecule has 1 aliphatic heterocycles. The zero-order valence-corrected chi connectivity index (χ0v) is 16.4. The number of aromatic nitrogens is 2. The summed E-state index contributed by atoms with van der Waals surface area (Å²) in [7, 11) is 0. The molecule has 1 atom stereocenters. The summed E-state index contributed by atoms with van der Waals surface area (Å²) in [4.78, 5) is 13.1. The van der Waals surface area contributed by atoms with Crippen molar-refractivity contribution < 1.29 is 14.2 Å². The van der Waals surface area contributed by atoms with Crippen molar-refractivity contribution in [1.82, 2.24) is 9.97 Å².